The molecule has 88 valence electrons. The lowest BCUT2D eigenvalue weighted by Gasteiger charge is -2.03. The van der Waals surface area contributed by atoms with Crippen molar-refractivity contribution in [2.45, 2.75) is 6.92 Å². The number of rotatable bonds is 2. The SMILES string of the molecule is Cc1ccc(Br)cc1C(=O)c1cc(Br)c(Cl)s1. The highest BCUT2D eigenvalue weighted by atomic mass is 79.9. The van der Waals surface area contributed by atoms with Crippen molar-refractivity contribution in [1.82, 2.24) is 0 Å². The number of benzene rings is 1. The first kappa shape index (κ1) is 13.3. The van der Waals surface area contributed by atoms with Crippen LogP contribution < -0.4 is 0 Å². The molecule has 0 aliphatic heterocycles. The first-order valence-corrected chi connectivity index (χ1v) is 7.53. The van der Waals surface area contributed by atoms with Gasteiger partial charge in [0.15, 0.2) is 0 Å². The summed E-state index contributed by atoms with van der Waals surface area (Å²) < 4.78 is 2.26. The van der Waals surface area contributed by atoms with Crippen molar-refractivity contribution in [1.29, 1.82) is 0 Å². The number of thiophene rings is 1. The Morgan fingerprint density at radius 2 is 2.00 bits per heavy atom. The molecule has 0 aliphatic rings. The van der Waals surface area contributed by atoms with E-state index in [0.717, 1.165) is 14.5 Å². The molecule has 2 aromatic rings. The molecule has 0 aliphatic carbocycles. The fourth-order valence-electron chi connectivity index (χ4n) is 1.43. The second-order valence-electron chi connectivity index (χ2n) is 3.52. The first-order valence-electron chi connectivity index (χ1n) is 4.74. The normalized spacial score (nSPS) is 10.6. The Labute approximate surface area is 125 Å². The molecule has 17 heavy (non-hydrogen) atoms. The second kappa shape index (κ2) is 5.22. The van der Waals surface area contributed by atoms with Crippen LogP contribution in [-0.2, 0) is 0 Å². The summed E-state index contributed by atoms with van der Waals surface area (Å²) in [7, 11) is 0. The molecule has 0 N–H and O–H groups in total. The Balaban J connectivity index is 2.47. The van der Waals surface area contributed by atoms with Crippen LogP contribution in [-0.4, -0.2) is 5.78 Å². The number of carbonyl (C=O) groups excluding carboxylic acids is 1. The Morgan fingerprint density at radius 1 is 1.29 bits per heavy atom. The van der Waals surface area contributed by atoms with Crippen LogP contribution in [0.5, 0.6) is 0 Å². The fourth-order valence-corrected chi connectivity index (χ4v) is 3.45. The van der Waals surface area contributed by atoms with Crippen molar-refractivity contribution in [3.05, 3.63) is 53.6 Å². The van der Waals surface area contributed by atoms with E-state index in [-0.39, 0.29) is 5.78 Å². The van der Waals surface area contributed by atoms with E-state index < -0.39 is 0 Å². The smallest absolute Gasteiger partial charge is 0.203 e. The molecule has 0 bridgehead atoms. The minimum atomic E-state index is 0.00130. The monoisotopic (exact) mass is 392 g/mol. The highest BCUT2D eigenvalue weighted by Gasteiger charge is 2.16. The van der Waals surface area contributed by atoms with Crippen LogP contribution in [0, 0.1) is 6.92 Å². The van der Waals surface area contributed by atoms with Crippen LogP contribution in [0.3, 0.4) is 0 Å². The maximum Gasteiger partial charge on any atom is 0.203 e. The van der Waals surface area contributed by atoms with Gasteiger partial charge in [0.05, 0.1) is 4.88 Å². The molecular formula is C12H7Br2ClOS. The number of carbonyl (C=O) groups is 1. The third kappa shape index (κ3) is 2.81. The van der Waals surface area contributed by atoms with Gasteiger partial charge in [0, 0.05) is 14.5 Å². The van der Waals surface area contributed by atoms with Crippen molar-refractivity contribution in [2.24, 2.45) is 0 Å². The van der Waals surface area contributed by atoms with Gasteiger partial charge in [0.2, 0.25) is 5.78 Å². The molecule has 2 rings (SSSR count). The third-order valence-corrected chi connectivity index (χ3v) is 5.28. The molecule has 1 heterocycles. The van der Waals surface area contributed by atoms with Gasteiger partial charge in [0.25, 0.3) is 0 Å². The van der Waals surface area contributed by atoms with E-state index in [9.17, 15) is 4.79 Å². The number of halogens is 3. The van der Waals surface area contributed by atoms with Gasteiger partial charge in [0.1, 0.15) is 4.34 Å². The molecule has 0 spiro atoms. The fraction of sp³-hybridized carbons (Fsp3) is 0.0833. The summed E-state index contributed by atoms with van der Waals surface area (Å²) in [6.07, 6.45) is 0. The number of hydrogen-bond acceptors (Lipinski definition) is 2. The van der Waals surface area contributed by atoms with E-state index in [2.05, 4.69) is 31.9 Å². The van der Waals surface area contributed by atoms with Crippen LogP contribution in [0.15, 0.2) is 33.2 Å². The molecule has 0 saturated carbocycles. The lowest BCUT2D eigenvalue weighted by atomic mass is 10.0. The van der Waals surface area contributed by atoms with Crippen molar-refractivity contribution >= 4 is 60.6 Å². The van der Waals surface area contributed by atoms with Gasteiger partial charge < -0.3 is 0 Å². The molecule has 5 heteroatoms. The molecule has 0 atom stereocenters. The Kier molecular flexibility index (Phi) is 4.08. The summed E-state index contributed by atoms with van der Waals surface area (Å²) in [5.74, 6) is 0.00130. The summed E-state index contributed by atoms with van der Waals surface area (Å²) in [4.78, 5) is 12.9. The minimum Gasteiger partial charge on any atom is -0.288 e. The summed E-state index contributed by atoms with van der Waals surface area (Å²) in [6, 6.07) is 7.43. The third-order valence-electron chi connectivity index (χ3n) is 2.31. The maximum absolute atomic E-state index is 12.3. The van der Waals surface area contributed by atoms with E-state index in [1.54, 1.807) is 6.07 Å². The number of aryl methyl sites for hydroxylation is 1. The van der Waals surface area contributed by atoms with Crippen LogP contribution >= 0.6 is 54.8 Å². The van der Waals surface area contributed by atoms with E-state index >= 15 is 0 Å². The Bertz CT molecular complexity index is 573. The second-order valence-corrected chi connectivity index (χ2v) is 6.94. The summed E-state index contributed by atoms with van der Waals surface area (Å²) in [6.45, 7) is 1.92. The van der Waals surface area contributed by atoms with Crippen molar-refractivity contribution in [3.8, 4) is 0 Å². The minimum absolute atomic E-state index is 0.00130. The topological polar surface area (TPSA) is 17.1 Å². The van der Waals surface area contributed by atoms with Crippen molar-refractivity contribution < 1.29 is 4.79 Å². The average molecular weight is 395 g/mol. The summed E-state index contributed by atoms with van der Waals surface area (Å²) in [5.41, 5.74) is 1.66. The molecule has 0 amide bonds. The molecular weight excluding hydrogens is 387 g/mol. The molecule has 0 saturated heterocycles. The van der Waals surface area contributed by atoms with Crippen molar-refractivity contribution in [3.63, 3.8) is 0 Å². The van der Waals surface area contributed by atoms with Gasteiger partial charge in [-0.25, -0.2) is 0 Å². The first-order chi connectivity index (χ1) is 7.99. The van der Waals surface area contributed by atoms with E-state index in [0.29, 0.717) is 14.8 Å². The summed E-state index contributed by atoms with van der Waals surface area (Å²) >= 11 is 13.9. The zero-order valence-electron chi connectivity index (χ0n) is 8.76. The lowest BCUT2D eigenvalue weighted by Crippen LogP contribution is -2.01. The lowest BCUT2D eigenvalue weighted by molar-refractivity contribution is 0.104. The Hall–Kier alpha value is -0.160. The van der Waals surface area contributed by atoms with Gasteiger partial charge in [-0.2, -0.15) is 0 Å². The number of ketones is 1. The quantitative estimate of drug-likeness (QED) is 0.618. The van der Waals surface area contributed by atoms with Gasteiger partial charge >= 0.3 is 0 Å². The van der Waals surface area contributed by atoms with Crippen LogP contribution in [0.4, 0.5) is 0 Å². The van der Waals surface area contributed by atoms with Crippen LogP contribution in [0.25, 0.3) is 0 Å². The zero-order chi connectivity index (χ0) is 12.6. The van der Waals surface area contributed by atoms with Gasteiger partial charge in [-0.1, -0.05) is 33.6 Å². The molecule has 1 aromatic carbocycles. The molecule has 0 radical (unpaired) electrons. The van der Waals surface area contributed by atoms with Crippen LogP contribution in [0.2, 0.25) is 4.34 Å². The number of hydrogen-bond donors (Lipinski definition) is 0. The predicted molar refractivity (Wildman–Crippen MR) is 79.3 cm³/mol. The van der Waals surface area contributed by atoms with Gasteiger partial charge in [-0.15, -0.1) is 11.3 Å². The van der Waals surface area contributed by atoms with Gasteiger partial charge in [-0.3, -0.25) is 4.79 Å². The van der Waals surface area contributed by atoms with Crippen LogP contribution in [0.1, 0.15) is 20.8 Å². The largest absolute Gasteiger partial charge is 0.288 e. The molecule has 0 unspecified atom stereocenters. The highest BCUT2D eigenvalue weighted by Crippen LogP contribution is 2.33. The highest BCUT2D eigenvalue weighted by molar-refractivity contribution is 9.10. The van der Waals surface area contributed by atoms with E-state index in [1.165, 1.54) is 11.3 Å². The van der Waals surface area contributed by atoms with E-state index in [1.807, 2.05) is 25.1 Å². The zero-order valence-corrected chi connectivity index (χ0v) is 13.5. The van der Waals surface area contributed by atoms with E-state index in [4.69, 9.17) is 11.6 Å². The molecule has 0 fully saturated rings. The predicted octanol–water partition coefficient (Wildman–Crippen LogP) is 5.47. The average Bonchev–Trinajstić information content (AvgIpc) is 2.62. The summed E-state index contributed by atoms with van der Waals surface area (Å²) in [5, 5.41) is 0. The Morgan fingerprint density at radius 3 is 2.59 bits per heavy atom. The molecule has 1 nitrogen and oxygen atoms in total. The van der Waals surface area contributed by atoms with Crippen molar-refractivity contribution in [2.75, 3.05) is 0 Å². The maximum atomic E-state index is 12.3. The van der Waals surface area contributed by atoms with Gasteiger partial charge in [-0.05, 0) is 46.6 Å². The molecule has 1 aromatic heterocycles. The standard InChI is InChI=1S/C12H7Br2ClOS/c1-6-2-3-7(13)4-8(6)11(16)10-5-9(14)12(15)17-10/h2-5H,1H3.